The molecule has 1 aliphatic rings. The number of ether oxygens (including phenoxy) is 2. The van der Waals surface area contributed by atoms with Crippen LogP contribution in [0.25, 0.3) is 0 Å². The summed E-state index contributed by atoms with van der Waals surface area (Å²) in [6.45, 7) is 9.52. The van der Waals surface area contributed by atoms with Crippen molar-refractivity contribution in [3.05, 3.63) is 0 Å². The van der Waals surface area contributed by atoms with E-state index in [4.69, 9.17) is 15.2 Å². The molecule has 0 radical (unpaired) electrons. The van der Waals surface area contributed by atoms with Gasteiger partial charge in [-0.05, 0) is 39.0 Å². The Morgan fingerprint density at radius 3 is 2.31 bits per heavy atom. The molecule has 4 N–H and O–H groups in total. The molecule has 7 heteroatoms. The molecule has 1 fully saturated rings. The van der Waals surface area contributed by atoms with Crippen LogP contribution in [0.1, 0.15) is 60.3 Å². The molecule has 0 bridgehead atoms. The Morgan fingerprint density at radius 1 is 1.27 bits per heavy atom. The fourth-order valence-corrected chi connectivity index (χ4v) is 3.93. The van der Waals surface area contributed by atoms with Crippen molar-refractivity contribution >= 4 is 12.1 Å². The number of alkyl carbamates (subject to hydrolysis) is 1. The fraction of sp³-hybridized carbons (Fsp3) is 0.895. The van der Waals surface area contributed by atoms with E-state index in [0.29, 0.717) is 6.42 Å². The molecule has 1 rings (SSSR count). The molecule has 0 spiro atoms. The second-order valence-corrected chi connectivity index (χ2v) is 8.25. The summed E-state index contributed by atoms with van der Waals surface area (Å²) in [5.74, 6) is -0.772. The van der Waals surface area contributed by atoms with Crippen LogP contribution >= 0.6 is 0 Å². The molecule has 5 atom stereocenters. The van der Waals surface area contributed by atoms with Gasteiger partial charge in [-0.1, -0.05) is 26.7 Å². The number of carbonyl (C=O) groups is 2. The van der Waals surface area contributed by atoms with Crippen LogP contribution in [0.3, 0.4) is 0 Å². The van der Waals surface area contributed by atoms with Gasteiger partial charge in [0.25, 0.3) is 0 Å². The number of nitrogens with two attached hydrogens (primary N) is 1. The third-order valence-electron chi connectivity index (χ3n) is 5.29. The normalized spacial score (nSPS) is 27.3. The minimum absolute atomic E-state index is 0.107. The maximum atomic E-state index is 12.2. The first-order valence-electron chi connectivity index (χ1n) is 9.53. The summed E-state index contributed by atoms with van der Waals surface area (Å²) in [5, 5.41) is 13.7. The third kappa shape index (κ3) is 6.13. The molecule has 0 heterocycles. The Kier molecular flexibility index (Phi) is 8.34. The number of esters is 1. The van der Waals surface area contributed by atoms with E-state index in [1.807, 2.05) is 0 Å². The van der Waals surface area contributed by atoms with E-state index in [9.17, 15) is 14.7 Å². The van der Waals surface area contributed by atoms with Crippen molar-refractivity contribution in [2.24, 2.45) is 23.5 Å². The zero-order chi connectivity index (χ0) is 20.1. The minimum atomic E-state index is -0.773. The van der Waals surface area contributed by atoms with Gasteiger partial charge in [-0.3, -0.25) is 4.79 Å². The van der Waals surface area contributed by atoms with E-state index in [2.05, 4.69) is 19.2 Å². The summed E-state index contributed by atoms with van der Waals surface area (Å²) in [7, 11) is 1.33. The molecule has 0 aromatic rings. The van der Waals surface area contributed by atoms with Gasteiger partial charge in [0.15, 0.2) is 0 Å². The Morgan fingerprint density at radius 2 is 1.85 bits per heavy atom. The average Bonchev–Trinajstić information content (AvgIpc) is 2.81. The van der Waals surface area contributed by atoms with Crippen LogP contribution in [0.5, 0.6) is 0 Å². The van der Waals surface area contributed by atoms with Crippen LogP contribution in [0.4, 0.5) is 4.79 Å². The van der Waals surface area contributed by atoms with Crippen LogP contribution < -0.4 is 11.1 Å². The van der Waals surface area contributed by atoms with Crippen LogP contribution in [0, 0.1) is 17.8 Å². The maximum Gasteiger partial charge on any atom is 0.407 e. The summed E-state index contributed by atoms with van der Waals surface area (Å²) >= 11 is 0. The van der Waals surface area contributed by atoms with Gasteiger partial charge in [0, 0.05) is 18.0 Å². The second kappa shape index (κ2) is 9.55. The first-order valence-corrected chi connectivity index (χ1v) is 9.53. The van der Waals surface area contributed by atoms with Crippen molar-refractivity contribution < 1.29 is 24.2 Å². The van der Waals surface area contributed by atoms with Crippen molar-refractivity contribution in [2.45, 2.75) is 84.1 Å². The van der Waals surface area contributed by atoms with E-state index in [0.717, 1.165) is 12.8 Å². The highest BCUT2D eigenvalue weighted by Crippen LogP contribution is 2.38. The largest absolute Gasteiger partial charge is 0.469 e. The quantitative estimate of drug-likeness (QED) is 0.591. The summed E-state index contributed by atoms with van der Waals surface area (Å²) < 4.78 is 10.1. The van der Waals surface area contributed by atoms with Gasteiger partial charge >= 0.3 is 12.1 Å². The zero-order valence-corrected chi connectivity index (χ0v) is 17.0. The molecule has 152 valence electrons. The van der Waals surface area contributed by atoms with Gasteiger partial charge in [-0.15, -0.1) is 0 Å². The number of hydrogen-bond acceptors (Lipinski definition) is 6. The third-order valence-corrected chi connectivity index (χ3v) is 5.29. The van der Waals surface area contributed by atoms with Crippen LogP contribution in [0.15, 0.2) is 0 Å². The fourth-order valence-electron chi connectivity index (χ4n) is 3.93. The predicted octanol–water partition coefficient (Wildman–Crippen LogP) is 2.20. The minimum Gasteiger partial charge on any atom is -0.469 e. The van der Waals surface area contributed by atoms with E-state index in [1.165, 1.54) is 7.11 Å². The van der Waals surface area contributed by atoms with E-state index < -0.39 is 17.8 Å². The molecule has 26 heavy (non-hydrogen) atoms. The Hall–Kier alpha value is -1.34. The molecular weight excluding hydrogens is 336 g/mol. The number of carbonyl (C=O) groups excluding carboxylic acids is 2. The van der Waals surface area contributed by atoms with Crippen molar-refractivity contribution in [1.29, 1.82) is 0 Å². The van der Waals surface area contributed by atoms with Crippen LogP contribution in [0.2, 0.25) is 0 Å². The van der Waals surface area contributed by atoms with Crippen molar-refractivity contribution in [3.8, 4) is 0 Å². The van der Waals surface area contributed by atoms with Gasteiger partial charge in [0.05, 0.1) is 19.6 Å². The number of methoxy groups -OCH3 is 1. The standard InChI is InChI=1S/C19H36N2O5/c1-7-11(8-2)16(20)15-13(21-18(24)26-19(3,4)5)9-12(17(15)23)10-14(22)25-6/h11-13,15-17,23H,7-10,20H2,1-6H3,(H,21,24)/t12-,13-,15-,16+,17-/m1/s1. The molecule has 0 aliphatic heterocycles. The van der Waals surface area contributed by atoms with Crippen molar-refractivity contribution in [3.63, 3.8) is 0 Å². The Bertz CT molecular complexity index is 473. The molecule has 0 unspecified atom stereocenters. The molecule has 1 amide bonds. The van der Waals surface area contributed by atoms with Gasteiger partial charge in [-0.25, -0.2) is 4.79 Å². The molecule has 0 aromatic heterocycles. The monoisotopic (exact) mass is 372 g/mol. The summed E-state index contributed by atoms with van der Waals surface area (Å²) in [4.78, 5) is 23.9. The van der Waals surface area contributed by atoms with E-state index in [-0.39, 0.29) is 42.2 Å². The van der Waals surface area contributed by atoms with Crippen molar-refractivity contribution in [2.75, 3.05) is 7.11 Å². The lowest BCUT2D eigenvalue weighted by atomic mass is 9.81. The van der Waals surface area contributed by atoms with Gasteiger partial charge < -0.3 is 25.6 Å². The zero-order valence-electron chi connectivity index (χ0n) is 17.0. The Balaban J connectivity index is 2.97. The van der Waals surface area contributed by atoms with Gasteiger partial charge in [-0.2, -0.15) is 0 Å². The summed E-state index contributed by atoms with van der Waals surface area (Å²) in [5.41, 5.74) is 5.87. The first-order chi connectivity index (χ1) is 12.0. The predicted molar refractivity (Wildman–Crippen MR) is 99.4 cm³/mol. The second-order valence-electron chi connectivity index (χ2n) is 8.25. The van der Waals surface area contributed by atoms with Crippen LogP contribution in [-0.2, 0) is 14.3 Å². The summed E-state index contributed by atoms with van der Waals surface area (Å²) in [6, 6.07) is -0.618. The number of aliphatic hydroxyl groups is 1. The summed E-state index contributed by atoms with van der Waals surface area (Å²) in [6.07, 6.45) is 1.05. The molecule has 0 saturated heterocycles. The highest BCUT2D eigenvalue weighted by Gasteiger charge is 2.48. The molecule has 1 saturated carbocycles. The molecule has 7 nitrogen and oxygen atoms in total. The maximum absolute atomic E-state index is 12.2. The number of aliphatic hydroxyl groups excluding tert-OH is 1. The lowest BCUT2D eigenvalue weighted by Crippen LogP contribution is -2.51. The molecular formula is C19H36N2O5. The molecule has 0 aromatic carbocycles. The Labute approximate surface area is 157 Å². The molecule has 1 aliphatic carbocycles. The lowest BCUT2D eigenvalue weighted by Gasteiger charge is -2.34. The van der Waals surface area contributed by atoms with Gasteiger partial charge in [0.2, 0.25) is 0 Å². The van der Waals surface area contributed by atoms with E-state index in [1.54, 1.807) is 20.8 Å². The number of amides is 1. The average molecular weight is 373 g/mol. The smallest absolute Gasteiger partial charge is 0.407 e. The van der Waals surface area contributed by atoms with Crippen LogP contribution in [-0.4, -0.2) is 48.1 Å². The lowest BCUT2D eigenvalue weighted by molar-refractivity contribution is -0.142. The highest BCUT2D eigenvalue weighted by atomic mass is 16.6. The highest BCUT2D eigenvalue weighted by molar-refractivity contribution is 5.70. The number of nitrogens with one attached hydrogen (secondary N) is 1. The first kappa shape index (κ1) is 22.7. The number of hydrogen-bond donors (Lipinski definition) is 3. The van der Waals surface area contributed by atoms with Crippen molar-refractivity contribution in [1.82, 2.24) is 5.32 Å². The van der Waals surface area contributed by atoms with Gasteiger partial charge in [0.1, 0.15) is 5.60 Å². The number of rotatable bonds is 7. The topological polar surface area (TPSA) is 111 Å². The van der Waals surface area contributed by atoms with E-state index >= 15 is 0 Å². The SMILES string of the molecule is CCC(CC)[C@H](N)[C@@H]1[C@H](O)[C@@H](CC(=O)OC)C[C@H]1NC(=O)OC(C)(C)C.